The number of hydrogen-bond donors (Lipinski definition) is 2. The number of aliphatic imine (C=N–C) groups is 2. The molecule has 0 aliphatic heterocycles. The van der Waals surface area contributed by atoms with Crippen LogP contribution >= 0.6 is 0 Å². The van der Waals surface area contributed by atoms with Gasteiger partial charge in [-0.3, -0.25) is 9.98 Å². The molecular weight excluding hydrogens is 504 g/mol. The molecule has 0 fully saturated rings. The molecule has 2 N–H and O–H groups in total. The third-order valence-electron chi connectivity index (χ3n) is 7.68. The monoisotopic (exact) mass is 546 g/mol. The first-order valence-electron chi connectivity index (χ1n) is 14.1. The zero-order valence-electron chi connectivity index (χ0n) is 25.5. The summed E-state index contributed by atoms with van der Waals surface area (Å²) in [4.78, 5) is 9.17. The third kappa shape index (κ3) is 7.13. The second-order valence-corrected chi connectivity index (χ2v) is 13.3. The molecule has 212 valence electrons. The first-order valence-corrected chi connectivity index (χ1v) is 14.1. The minimum absolute atomic E-state index is 0.0216. The van der Waals surface area contributed by atoms with E-state index in [0.29, 0.717) is 11.1 Å². The normalized spacial score (nSPS) is 12.9. The summed E-state index contributed by atoms with van der Waals surface area (Å²) in [6.45, 7) is 17.2. The summed E-state index contributed by atoms with van der Waals surface area (Å²) in [6, 6.07) is 28.0. The molecular formula is C37H42N2O2. The van der Waals surface area contributed by atoms with Gasteiger partial charge in [-0.2, -0.15) is 0 Å². The van der Waals surface area contributed by atoms with Crippen molar-refractivity contribution < 1.29 is 10.2 Å². The van der Waals surface area contributed by atoms with Gasteiger partial charge in [-0.05, 0) is 81.6 Å². The molecule has 4 rings (SSSR count). The fourth-order valence-electron chi connectivity index (χ4n) is 4.62. The third-order valence-corrected chi connectivity index (χ3v) is 7.68. The van der Waals surface area contributed by atoms with Gasteiger partial charge in [-0.15, -0.1) is 0 Å². The van der Waals surface area contributed by atoms with E-state index in [1.807, 2.05) is 60.7 Å². The first kappa shape index (κ1) is 29.8. The standard InChI is InChI=1S/C37H42N2O2/c1-35(2,3)29-11-9-25(33(40)21-29)23-38-31-17-13-27(14-18-31)37(7,8)28-15-19-32(20-16-28)39-24-26-10-12-30(22-34(26)41)36(4,5)6/h9-24,40-41H,1-8H3. The number of phenols is 2. The van der Waals surface area contributed by atoms with Gasteiger partial charge >= 0.3 is 0 Å². The highest BCUT2D eigenvalue weighted by Gasteiger charge is 2.23. The summed E-state index contributed by atoms with van der Waals surface area (Å²) in [5, 5.41) is 20.9. The molecule has 0 bridgehead atoms. The molecule has 0 heterocycles. The molecule has 4 aromatic carbocycles. The molecule has 0 aliphatic carbocycles. The average molecular weight is 547 g/mol. The van der Waals surface area contributed by atoms with Crippen LogP contribution in [-0.4, -0.2) is 22.6 Å². The number of hydrogen-bond acceptors (Lipinski definition) is 4. The second-order valence-electron chi connectivity index (χ2n) is 13.3. The Hall–Kier alpha value is -4.18. The zero-order chi connectivity index (χ0) is 30.0. The van der Waals surface area contributed by atoms with Crippen LogP contribution in [-0.2, 0) is 16.2 Å². The van der Waals surface area contributed by atoms with E-state index >= 15 is 0 Å². The van der Waals surface area contributed by atoms with Crippen molar-refractivity contribution in [3.8, 4) is 11.5 Å². The van der Waals surface area contributed by atoms with E-state index in [4.69, 9.17) is 0 Å². The van der Waals surface area contributed by atoms with Gasteiger partial charge in [0.25, 0.3) is 0 Å². The van der Waals surface area contributed by atoms with E-state index in [1.165, 1.54) is 11.1 Å². The summed E-state index contributed by atoms with van der Waals surface area (Å²) in [6.07, 6.45) is 3.42. The Morgan fingerprint density at radius 1 is 0.463 bits per heavy atom. The van der Waals surface area contributed by atoms with Gasteiger partial charge in [0.2, 0.25) is 0 Å². The largest absolute Gasteiger partial charge is 0.507 e. The van der Waals surface area contributed by atoms with Crippen molar-refractivity contribution in [2.24, 2.45) is 9.98 Å². The highest BCUT2D eigenvalue weighted by Crippen LogP contribution is 2.34. The molecule has 0 saturated heterocycles. The SMILES string of the molecule is CC(C)(C)c1ccc(C=Nc2ccc(C(C)(C)c3ccc(N=Cc4ccc(C(C)(C)C)cc4O)cc3)cc2)c(O)c1. The maximum absolute atomic E-state index is 10.5. The molecule has 0 saturated carbocycles. The van der Waals surface area contributed by atoms with Gasteiger partial charge in [0, 0.05) is 29.0 Å². The van der Waals surface area contributed by atoms with Crippen molar-refractivity contribution >= 4 is 23.8 Å². The number of nitrogens with zero attached hydrogens (tertiary/aromatic N) is 2. The minimum Gasteiger partial charge on any atom is -0.507 e. The first-order chi connectivity index (χ1) is 19.1. The van der Waals surface area contributed by atoms with Crippen LogP contribution < -0.4 is 0 Å². The number of rotatable bonds is 6. The Kier molecular flexibility index (Phi) is 8.26. The maximum Gasteiger partial charge on any atom is 0.124 e. The van der Waals surface area contributed by atoms with Crippen LogP contribution in [0.15, 0.2) is 94.9 Å². The average Bonchev–Trinajstić information content (AvgIpc) is 2.91. The van der Waals surface area contributed by atoms with Gasteiger partial charge < -0.3 is 10.2 Å². The second kappa shape index (κ2) is 11.4. The predicted molar refractivity (Wildman–Crippen MR) is 173 cm³/mol. The van der Waals surface area contributed by atoms with Crippen molar-refractivity contribution in [3.05, 3.63) is 118 Å². The Morgan fingerprint density at radius 3 is 1.07 bits per heavy atom. The predicted octanol–water partition coefficient (Wildman–Crippen LogP) is 9.52. The lowest BCUT2D eigenvalue weighted by Crippen LogP contribution is -2.18. The molecule has 0 aliphatic rings. The van der Waals surface area contributed by atoms with Crippen LogP contribution in [0.4, 0.5) is 11.4 Å². The topological polar surface area (TPSA) is 65.2 Å². The van der Waals surface area contributed by atoms with Crippen molar-refractivity contribution in [2.45, 2.75) is 71.6 Å². The molecule has 4 nitrogen and oxygen atoms in total. The summed E-state index contributed by atoms with van der Waals surface area (Å²) in [5.41, 5.74) is 7.31. The zero-order valence-corrected chi connectivity index (χ0v) is 25.5. The summed E-state index contributed by atoms with van der Waals surface area (Å²) < 4.78 is 0. The fourth-order valence-corrected chi connectivity index (χ4v) is 4.62. The van der Waals surface area contributed by atoms with Gasteiger partial charge in [0.1, 0.15) is 11.5 Å². The van der Waals surface area contributed by atoms with Crippen LogP contribution in [0.5, 0.6) is 11.5 Å². The van der Waals surface area contributed by atoms with Crippen LogP contribution in [0.25, 0.3) is 0 Å². The molecule has 41 heavy (non-hydrogen) atoms. The molecule has 0 unspecified atom stereocenters. The quantitative estimate of drug-likeness (QED) is 0.237. The van der Waals surface area contributed by atoms with Crippen LogP contribution in [0, 0.1) is 0 Å². The van der Waals surface area contributed by atoms with Crippen molar-refractivity contribution in [1.82, 2.24) is 0 Å². The van der Waals surface area contributed by atoms with E-state index in [0.717, 1.165) is 22.5 Å². The van der Waals surface area contributed by atoms with E-state index in [1.54, 1.807) is 12.4 Å². The minimum atomic E-state index is -0.216. The van der Waals surface area contributed by atoms with Gasteiger partial charge in [-0.1, -0.05) is 91.8 Å². The molecule has 0 atom stereocenters. The molecule has 4 aromatic rings. The number of phenolic OH excluding ortho intramolecular Hbond substituents is 2. The smallest absolute Gasteiger partial charge is 0.124 e. The lowest BCUT2D eigenvalue weighted by molar-refractivity contribution is 0.470. The number of aromatic hydroxyl groups is 2. The molecule has 0 spiro atoms. The molecule has 0 amide bonds. The Balaban J connectivity index is 1.45. The van der Waals surface area contributed by atoms with Crippen LogP contribution in [0.3, 0.4) is 0 Å². The fraction of sp³-hybridized carbons (Fsp3) is 0.297. The highest BCUT2D eigenvalue weighted by molar-refractivity contribution is 5.86. The molecule has 4 heteroatoms. The lowest BCUT2D eigenvalue weighted by atomic mass is 9.78. The summed E-state index contributed by atoms with van der Waals surface area (Å²) >= 11 is 0. The van der Waals surface area contributed by atoms with Gasteiger partial charge in [0.05, 0.1) is 11.4 Å². The van der Waals surface area contributed by atoms with Gasteiger partial charge in [-0.25, -0.2) is 0 Å². The van der Waals surface area contributed by atoms with E-state index in [2.05, 4.69) is 89.6 Å². The van der Waals surface area contributed by atoms with E-state index in [9.17, 15) is 10.2 Å². The van der Waals surface area contributed by atoms with E-state index in [-0.39, 0.29) is 27.7 Å². The van der Waals surface area contributed by atoms with Gasteiger partial charge in [0.15, 0.2) is 0 Å². The molecule has 0 radical (unpaired) electrons. The van der Waals surface area contributed by atoms with Crippen LogP contribution in [0.1, 0.15) is 88.8 Å². The highest BCUT2D eigenvalue weighted by atomic mass is 16.3. The Morgan fingerprint density at radius 2 is 0.780 bits per heavy atom. The van der Waals surface area contributed by atoms with Crippen molar-refractivity contribution in [3.63, 3.8) is 0 Å². The van der Waals surface area contributed by atoms with Crippen LogP contribution in [0.2, 0.25) is 0 Å². The lowest BCUT2D eigenvalue weighted by Gasteiger charge is -2.26. The maximum atomic E-state index is 10.5. The Labute approximate surface area is 245 Å². The molecule has 0 aromatic heterocycles. The van der Waals surface area contributed by atoms with E-state index < -0.39 is 0 Å². The summed E-state index contributed by atoms with van der Waals surface area (Å²) in [7, 11) is 0. The van der Waals surface area contributed by atoms with Crippen molar-refractivity contribution in [1.29, 1.82) is 0 Å². The number of benzene rings is 4. The van der Waals surface area contributed by atoms with Crippen molar-refractivity contribution in [2.75, 3.05) is 0 Å². The Bertz CT molecular complexity index is 1440. The summed E-state index contributed by atoms with van der Waals surface area (Å²) in [5.74, 6) is 0.476.